The van der Waals surface area contributed by atoms with E-state index in [0.717, 1.165) is 0 Å². The van der Waals surface area contributed by atoms with Crippen molar-refractivity contribution in [3.05, 3.63) is 12.4 Å². The van der Waals surface area contributed by atoms with Gasteiger partial charge in [0.1, 0.15) is 6.17 Å². The molecule has 0 aliphatic carbocycles. The van der Waals surface area contributed by atoms with Crippen molar-refractivity contribution in [1.82, 2.24) is 9.80 Å². The molecule has 0 fully saturated rings. The fourth-order valence-corrected chi connectivity index (χ4v) is 5.19. The third kappa shape index (κ3) is 15.2. The van der Waals surface area contributed by atoms with Crippen LogP contribution in [0.15, 0.2) is 12.4 Å². The highest BCUT2D eigenvalue weighted by Gasteiger charge is 2.24. The van der Waals surface area contributed by atoms with Crippen LogP contribution in [0.25, 0.3) is 0 Å². The van der Waals surface area contributed by atoms with Gasteiger partial charge in [0.25, 0.3) is 0 Å². The molecule has 0 spiro atoms. The number of hydrogen-bond donors (Lipinski definition) is 0. The van der Waals surface area contributed by atoms with Crippen LogP contribution >= 0.6 is 0 Å². The second kappa shape index (κ2) is 22.1. The number of hydrogen-bond acceptors (Lipinski definition) is 2. The first-order valence-corrected chi connectivity index (χ1v) is 15.0. The minimum absolute atomic E-state index is 0.642. The lowest BCUT2D eigenvalue weighted by atomic mass is 10.0. The lowest BCUT2D eigenvalue weighted by Gasteiger charge is -2.33. The van der Waals surface area contributed by atoms with Crippen molar-refractivity contribution in [3.8, 4) is 0 Å². The van der Waals surface area contributed by atoms with Crippen LogP contribution in [0.3, 0.4) is 0 Å². The molecule has 0 aromatic rings. The van der Waals surface area contributed by atoms with E-state index in [1.54, 1.807) is 0 Å². The third-order valence-corrected chi connectivity index (χ3v) is 7.28. The van der Waals surface area contributed by atoms with Gasteiger partial charge in [-0.2, -0.15) is 0 Å². The van der Waals surface area contributed by atoms with Gasteiger partial charge in [-0.25, -0.2) is 0 Å². The van der Waals surface area contributed by atoms with Crippen molar-refractivity contribution in [2.75, 3.05) is 13.1 Å². The van der Waals surface area contributed by atoms with Crippen molar-refractivity contribution in [2.24, 2.45) is 0 Å². The number of rotatable bonds is 24. The number of nitrogens with zero attached hydrogens (tertiary/aromatic N) is 2. The molecule has 1 unspecified atom stereocenters. The minimum Gasteiger partial charge on any atom is -0.356 e. The van der Waals surface area contributed by atoms with Crippen molar-refractivity contribution < 1.29 is 0 Å². The fraction of sp³-hybridized carbons (Fsp3) is 0.933. The van der Waals surface area contributed by atoms with Crippen molar-refractivity contribution in [3.63, 3.8) is 0 Å². The summed E-state index contributed by atoms with van der Waals surface area (Å²) in [4.78, 5) is 5.24. The Morgan fingerprint density at radius 2 is 0.781 bits per heavy atom. The first kappa shape index (κ1) is 29.4. The Balaban J connectivity index is 1.96. The van der Waals surface area contributed by atoms with E-state index in [4.69, 9.17) is 0 Å². The fourth-order valence-electron chi connectivity index (χ4n) is 5.19. The van der Waals surface area contributed by atoms with E-state index < -0.39 is 0 Å². The second-order valence-corrected chi connectivity index (χ2v) is 10.4. The molecular formula is C30H60N2. The van der Waals surface area contributed by atoms with E-state index in [1.807, 2.05) is 0 Å². The smallest absolute Gasteiger partial charge is 0.101 e. The first-order chi connectivity index (χ1) is 15.8. The predicted molar refractivity (Wildman–Crippen MR) is 145 cm³/mol. The van der Waals surface area contributed by atoms with Crippen molar-refractivity contribution >= 4 is 0 Å². The zero-order valence-corrected chi connectivity index (χ0v) is 22.6. The summed E-state index contributed by atoms with van der Waals surface area (Å²) in [5.74, 6) is 0. The molecule has 1 rings (SSSR count). The summed E-state index contributed by atoms with van der Waals surface area (Å²) in [7, 11) is 0. The van der Waals surface area contributed by atoms with Gasteiger partial charge in [0.2, 0.25) is 0 Å². The standard InChI is InChI=1S/C30H60N2/c1-4-7-9-11-12-13-14-15-16-17-18-19-20-21-22-23-25-30-31(26-6-3)28-29-32(30)27-24-10-8-5-2/h28-30H,4-27H2,1-3H3. The predicted octanol–water partition coefficient (Wildman–Crippen LogP) is 10.0. The Labute approximate surface area is 203 Å². The average molecular weight is 449 g/mol. The molecule has 0 saturated heterocycles. The zero-order chi connectivity index (χ0) is 23.1. The molecule has 0 radical (unpaired) electrons. The Hall–Kier alpha value is -0.660. The summed E-state index contributed by atoms with van der Waals surface area (Å²) in [5, 5.41) is 0. The Kier molecular flexibility index (Phi) is 20.3. The summed E-state index contributed by atoms with van der Waals surface area (Å²) in [6, 6.07) is 0. The molecule has 0 aromatic carbocycles. The summed E-state index contributed by atoms with van der Waals surface area (Å²) in [6.45, 7) is 9.38. The molecule has 0 N–H and O–H groups in total. The van der Waals surface area contributed by atoms with E-state index in [2.05, 4.69) is 43.0 Å². The summed E-state index contributed by atoms with van der Waals surface area (Å²) in [5.41, 5.74) is 0. The van der Waals surface area contributed by atoms with Gasteiger partial charge < -0.3 is 9.80 Å². The molecule has 2 heteroatoms. The van der Waals surface area contributed by atoms with Crippen molar-refractivity contribution in [2.45, 2.75) is 168 Å². The van der Waals surface area contributed by atoms with Crippen molar-refractivity contribution in [1.29, 1.82) is 0 Å². The molecule has 32 heavy (non-hydrogen) atoms. The van der Waals surface area contributed by atoms with E-state index in [-0.39, 0.29) is 0 Å². The number of unbranched alkanes of at least 4 members (excludes halogenated alkanes) is 18. The van der Waals surface area contributed by atoms with E-state index in [0.29, 0.717) is 6.17 Å². The summed E-state index contributed by atoms with van der Waals surface area (Å²) in [6.07, 6.45) is 36.7. The minimum atomic E-state index is 0.642. The van der Waals surface area contributed by atoms with Crippen LogP contribution in [-0.4, -0.2) is 29.1 Å². The molecule has 190 valence electrons. The van der Waals surface area contributed by atoms with Gasteiger partial charge in [0.05, 0.1) is 0 Å². The lowest BCUT2D eigenvalue weighted by molar-refractivity contribution is 0.137. The molecule has 2 nitrogen and oxygen atoms in total. The van der Waals surface area contributed by atoms with Crippen LogP contribution in [0.4, 0.5) is 0 Å². The van der Waals surface area contributed by atoms with E-state index in [9.17, 15) is 0 Å². The Bertz CT molecular complexity index is 406. The summed E-state index contributed by atoms with van der Waals surface area (Å²) < 4.78 is 0. The molecule has 1 heterocycles. The maximum atomic E-state index is 2.64. The zero-order valence-electron chi connectivity index (χ0n) is 22.6. The van der Waals surface area contributed by atoms with E-state index in [1.165, 1.54) is 154 Å². The van der Waals surface area contributed by atoms with Crippen LogP contribution in [0, 0.1) is 0 Å². The second-order valence-electron chi connectivity index (χ2n) is 10.4. The van der Waals surface area contributed by atoms with Gasteiger partial charge in [-0.1, -0.05) is 136 Å². The van der Waals surface area contributed by atoms with E-state index >= 15 is 0 Å². The molecule has 1 atom stereocenters. The molecule has 0 amide bonds. The summed E-state index contributed by atoms with van der Waals surface area (Å²) >= 11 is 0. The highest BCUT2D eigenvalue weighted by molar-refractivity contribution is 4.96. The van der Waals surface area contributed by atoms with Crippen LogP contribution in [0.5, 0.6) is 0 Å². The third-order valence-electron chi connectivity index (χ3n) is 7.28. The molecule has 1 aliphatic rings. The Morgan fingerprint density at radius 3 is 1.22 bits per heavy atom. The highest BCUT2D eigenvalue weighted by Crippen LogP contribution is 2.23. The molecule has 1 aliphatic heterocycles. The van der Waals surface area contributed by atoms with Crippen LogP contribution in [-0.2, 0) is 0 Å². The van der Waals surface area contributed by atoms with Gasteiger partial charge in [-0.15, -0.1) is 0 Å². The highest BCUT2D eigenvalue weighted by atomic mass is 15.4. The van der Waals surface area contributed by atoms with Gasteiger partial charge in [-0.3, -0.25) is 0 Å². The SMILES string of the molecule is CCCCCCCCCCCCCCCCCCC1N(CCC)C=CN1CCCCCC. The molecule has 0 aromatic heterocycles. The van der Waals surface area contributed by atoms with Gasteiger partial charge in [0, 0.05) is 25.5 Å². The Morgan fingerprint density at radius 1 is 0.406 bits per heavy atom. The normalized spacial score (nSPS) is 15.9. The topological polar surface area (TPSA) is 6.48 Å². The lowest BCUT2D eigenvalue weighted by Crippen LogP contribution is -2.39. The average Bonchev–Trinajstić information content (AvgIpc) is 3.18. The van der Waals surface area contributed by atoms with Gasteiger partial charge in [-0.05, 0) is 25.7 Å². The van der Waals surface area contributed by atoms with Gasteiger partial charge >= 0.3 is 0 Å². The van der Waals surface area contributed by atoms with Crippen LogP contribution < -0.4 is 0 Å². The maximum Gasteiger partial charge on any atom is 0.101 e. The molecule has 0 saturated carbocycles. The van der Waals surface area contributed by atoms with Crippen LogP contribution in [0.2, 0.25) is 0 Å². The quantitative estimate of drug-likeness (QED) is 0.135. The van der Waals surface area contributed by atoms with Gasteiger partial charge in [0.15, 0.2) is 0 Å². The van der Waals surface area contributed by atoms with Crippen LogP contribution in [0.1, 0.15) is 162 Å². The molecular weight excluding hydrogens is 388 g/mol. The largest absolute Gasteiger partial charge is 0.356 e. The molecule has 0 bridgehead atoms. The maximum absolute atomic E-state index is 2.64. The monoisotopic (exact) mass is 448 g/mol. The first-order valence-electron chi connectivity index (χ1n) is 15.0.